The summed E-state index contributed by atoms with van der Waals surface area (Å²) in [5, 5.41) is 0. The van der Waals surface area contributed by atoms with Crippen molar-refractivity contribution in [2.24, 2.45) is 5.92 Å². The smallest absolute Gasteiger partial charge is 0.240 e. The number of hydrogen-bond acceptors (Lipinski definition) is 5. The number of para-hydroxylation sites is 1. The van der Waals surface area contributed by atoms with Gasteiger partial charge in [0.05, 0.1) is 18.2 Å². The lowest BCUT2D eigenvalue weighted by atomic mass is 9.98. The fourth-order valence-corrected chi connectivity index (χ4v) is 4.30. The highest BCUT2D eigenvalue weighted by Gasteiger charge is 2.36. The number of fused-ring (bicyclic) bond motifs is 1. The van der Waals surface area contributed by atoms with Crippen molar-refractivity contribution >= 4 is 5.91 Å². The van der Waals surface area contributed by atoms with E-state index in [0.717, 1.165) is 30.2 Å². The Morgan fingerprint density at radius 3 is 2.50 bits per heavy atom. The van der Waals surface area contributed by atoms with Gasteiger partial charge in [-0.2, -0.15) is 0 Å². The Kier molecular flexibility index (Phi) is 6.83. The van der Waals surface area contributed by atoms with E-state index in [-0.39, 0.29) is 30.1 Å². The Balaban J connectivity index is 1.79. The maximum absolute atomic E-state index is 13.6. The van der Waals surface area contributed by atoms with E-state index in [0.29, 0.717) is 26.3 Å². The van der Waals surface area contributed by atoms with Gasteiger partial charge in [-0.15, -0.1) is 0 Å². The summed E-state index contributed by atoms with van der Waals surface area (Å²) in [5.74, 6) is 1.94. The van der Waals surface area contributed by atoms with Crippen LogP contribution in [0.4, 0.5) is 0 Å². The first kappa shape index (κ1) is 20.9. The van der Waals surface area contributed by atoms with Crippen LogP contribution in [0.3, 0.4) is 0 Å². The van der Waals surface area contributed by atoms with Crippen LogP contribution in [0.15, 0.2) is 18.2 Å². The van der Waals surface area contributed by atoms with Gasteiger partial charge in [0.15, 0.2) is 11.5 Å². The second kappa shape index (κ2) is 9.14. The standard InChI is InChI=1S/C22H34N2O4/c1-6-23(14-18-8-7-9-19-21(18)27-11-10-26-19)22(25)20(15(2)3)24-12-16(4)28-17(5)13-24/h7-9,15-17,20H,6,10-14H2,1-5H3. The molecule has 0 radical (unpaired) electrons. The first-order valence-corrected chi connectivity index (χ1v) is 10.5. The van der Waals surface area contributed by atoms with Crippen LogP contribution >= 0.6 is 0 Å². The highest BCUT2D eigenvalue weighted by Crippen LogP contribution is 2.34. The molecule has 0 spiro atoms. The summed E-state index contributed by atoms with van der Waals surface area (Å²) in [6.07, 6.45) is 0.277. The lowest BCUT2D eigenvalue weighted by molar-refractivity contribution is -0.145. The van der Waals surface area contributed by atoms with Crippen molar-refractivity contribution in [3.05, 3.63) is 23.8 Å². The number of hydrogen-bond donors (Lipinski definition) is 0. The minimum absolute atomic E-state index is 0.138. The molecule has 0 bridgehead atoms. The molecule has 6 nitrogen and oxygen atoms in total. The average molecular weight is 391 g/mol. The molecule has 2 aliphatic heterocycles. The molecule has 28 heavy (non-hydrogen) atoms. The molecule has 1 aromatic rings. The van der Waals surface area contributed by atoms with Crippen LogP contribution < -0.4 is 9.47 Å². The van der Waals surface area contributed by atoms with Crippen molar-refractivity contribution < 1.29 is 19.0 Å². The van der Waals surface area contributed by atoms with E-state index >= 15 is 0 Å². The highest BCUT2D eigenvalue weighted by atomic mass is 16.6. The van der Waals surface area contributed by atoms with Crippen LogP contribution in [0.1, 0.15) is 40.2 Å². The number of nitrogens with zero attached hydrogens (tertiary/aromatic N) is 2. The molecule has 6 heteroatoms. The quantitative estimate of drug-likeness (QED) is 0.748. The van der Waals surface area contributed by atoms with Gasteiger partial charge in [-0.05, 0) is 32.8 Å². The van der Waals surface area contributed by atoms with Crippen LogP contribution in [0.5, 0.6) is 11.5 Å². The predicted molar refractivity (Wildman–Crippen MR) is 109 cm³/mol. The summed E-state index contributed by atoms with van der Waals surface area (Å²) in [7, 11) is 0. The Bertz CT molecular complexity index is 669. The van der Waals surface area contributed by atoms with Crippen LogP contribution in [0.2, 0.25) is 0 Å². The van der Waals surface area contributed by atoms with E-state index < -0.39 is 0 Å². The van der Waals surface area contributed by atoms with Gasteiger partial charge in [-0.1, -0.05) is 26.0 Å². The molecule has 1 aromatic carbocycles. The molecule has 3 atom stereocenters. The van der Waals surface area contributed by atoms with Crippen LogP contribution in [-0.4, -0.2) is 66.8 Å². The molecule has 2 aliphatic rings. The molecule has 0 aromatic heterocycles. The van der Waals surface area contributed by atoms with Crippen molar-refractivity contribution in [1.82, 2.24) is 9.80 Å². The molecule has 1 amide bonds. The third-order valence-corrected chi connectivity index (χ3v) is 5.43. The Morgan fingerprint density at radius 2 is 1.86 bits per heavy atom. The largest absolute Gasteiger partial charge is 0.486 e. The Hall–Kier alpha value is -1.79. The zero-order valence-electron chi connectivity index (χ0n) is 17.8. The predicted octanol–water partition coefficient (Wildman–Crippen LogP) is 2.94. The molecule has 3 rings (SSSR count). The topological polar surface area (TPSA) is 51.2 Å². The zero-order valence-corrected chi connectivity index (χ0v) is 17.8. The molecule has 1 fully saturated rings. The van der Waals surface area contributed by atoms with Crippen LogP contribution in [-0.2, 0) is 16.1 Å². The number of morpholine rings is 1. The van der Waals surface area contributed by atoms with E-state index in [1.807, 2.05) is 30.0 Å². The minimum atomic E-state index is -0.148. The third kappa shape index (κ3) is 4.61. The fourth-order valence-electron chi connectivity index (χ4n) is 4.30. The van der Waals surface area contributed by atoms with Crippen molar-refractivity contribution in [2.75, 3.05) is 32.8 Å². The molecule has 1 saturated heterocycles. The highest BCUT2D eigenvalue weighted by molar-refractivity contribution is 5.82. The van der Waals surface area contributed by atoms with Gasteiger partial charge in [0, 0.05) is 31.7 Å². The normalized spacial score (nSPS) is 23.5. The maximum atomic E-state index is 13.6. The molecular weight excluding hydrogens is 356 g/mol. The Labute approximate surface area is 168 Å². The van der Waals surface area contributed by atoms with Crippen molar-refractivity contribution in [3.63, 3.8) is 0 Å². The third-order valence-electron chi connectivity index (χ3n) is 5.43. The van der Waals surface area contributed by atoms with Gasteiger partial charge in [-0.3, -0.25) is 9.69 Å². The lowest BCUT2D eigenvalue weighted by Crippen LogP contribution is -2.57. The van der Waals surface area contributed by atoms with Gasteiger partial charge in [0.1, 0.15) is 13.2 Å². The molecule has 156 valence electrons. The van der Waals surface area contributed by atoms with Gasteiger partial charge in [-0.25, -0.2) is 0 Å². The summed E-state index contributed by atoms with van der Waals surface area (Å²) in [5.41, 5.74) is 0.999. The maximum Gasteiger partial charge on any atom is 0.240 e. The number of rotatable bonds is 6. The summed E-state index contributed by atoms with van der Waals surface area (Å²) < 4.78 is 17.4. The van der Waals surface area contributed by atoms with E-state index in [4.69, 9.17) is 14.2 Å². The first-order chi connectivity index (χ1) is 13.4. The monoisotopic (exact) mass is 390 g/mol. The van der Waals surface area contributed by atoms with E-state index in [9.17, 15) is 4.79 Å². The van der Waals surface area contributed by atoms with E-state index in [2.05, 4.69) is 32.6 Å². The molecular formula is C22H34N2O4. The molecule has 3 unspecified atom stereocenters. The second-order valence-corrected chi connectivity index (χ2v) is 8.19. The van der Waals surface area contributed by atoms with Crippen molar-refractivity contribution in [2.45, 2.75) is 59.4 Å². The number of likely N-dealkylation sites (N-methyl/N-ethyl adjacent to an activating group) is 1. The van der Waals surface area contributed by atoms with Crippen molar-refractivity contribution in [1.29, 1.82) is 0 Å². The summed E-state index contributed by atoms with van der Waals surface area (Å²) in [6.45, 7) is 14.3. The van der Waals surface area contributed by atoms with Gasteiger partial charge < -0.3 is 19.1 Å². The Morgan fingerprint density at radius 1 is 1.18 bits per heavy atom. The number of carbonyl (C=O) groups excluding carboxylic acids is 1. The molecule has 0 aliphatic carbocycles. The molecule has 0 N–H and O–H groups in total. The van der Waals surface area contributed by atoms with E-state index in [1.54, 1.807) is 0 Å². The summed E-state index contributed by atoms with van der Waals surface area (Å²) in [4.78, 5) is 17.8. The average Bonchev–Trinajstić information content (AvgIpc) is 2.65. The summed E-state index contributed by atoms with van der Waals surface area (Å²) >= 11 is 0. The summed E-state index contributed by atoms with van der Waals surface area (Å²) in [6, 6.07) is 5.76. The first-order valence-electron chi connectivity index (χ1n) is 10.5. The van der Waals surface area contributed by atoms with E-state index in [1.165, 1.54) is 0 Å². The number of ether oxygens (including phenoxy) is 3. The SMILES string of the molecule is CCN(Cc1cccc2c1OCCO2)C(=O)C(C(C)C)N1CC(C)OC(C)C1. The zero-order chi connectivity index (χ0) is 20.3. The number of carbonyl (C=O) groups is 1. The van der Waals surface area contributed by atoms with Gasteiger partial charge in [0.2, 0.25) is 5.91 Å². The lowest BCUT2D eigenvalue weighted by Gasteiger charge is -2.42. The van der Waals surface area contributed by atoms with Crippen LogP contribution in [0, 0.1) is 5.92 Å². The fraction of sp³-hybridized carbons (Fsp3) is 0.682. The minimum Gasteiger partial charge on any atom is -0.486 e. The van der Waals surface area contributed by atoms with Gasteiger partial charge >= 0.3 is 0 Å². The van der Waals surface area contributed by atoms with Crippen LogP contribution in [0.25, 0.3) is 0 Å². The molecule has 0 saturated carbocycles. The number of benzene rings is 1. The van der Waals surface area contributed by atoms with Crippen molar-refractivity contribution in [3.8, 4) is 11.5 Å². The number of amides is 1. The second-order valence-electron chi connectivity index (χ2n) is 8.19. The van der Waals surface area contributed by atoms with Gasteiger partial charge in [0.25, 0.3) is 0 Å². The molecule has 2 heterocycles.